The van der Waals surface area contributed by atoms with E-state index in [2.05, 4.69) is 20.2 Å². The fraction of sp³-hybridized carbons (Fsp3) is 0.500. The first kappa shape index (κ1) is 20.2. The van der Waals surface area contributed by atoms with Crippen LogP contribution in [0.2, 0.25) is 0 Å². The van der Waals surface area contributed by atoms with Gasteiger partial charge < -0.3 is 30.2 Å². The number of rotatable bonds is 9. The molecule has 0 amide bonds. The first-order valence-electron chi connectivity index (χ1n) is 9.51. The van der Waals surface area contributed by atoms with Gasteiger partial charge in [-0.15, -0.1) is 0 Å². The molecule has 0 bridgehead atoms. The fourth-order valence-electron chi connectivity index (χ4n) is 3.36. The lowest BCUT2D eigenvalue weighted by Crippen LogP contribution is -2.25. The summed E-state index contributed by atoms with van der Waals surface area (Å²) < 4.78 is 16.9. The number of anilines is 2. The molecule has 1 fully saturated rings. The van der Waals surface area contributed by atoms with Crippen LogP contribution in [0, 0.1) is 0 Å². The molecular weight excluding hydrogens is 358 g/mol. The fourth-order valence-corrected chi connectivity index (χ4v) is 3.36. The summed E-state index contributed by atoms with van der Waals surface area (Å²) in [5.41, 5.74) is 7.73. The Balaban J connectivity index is 1.63. The average Bonchev–Trinajstić information content (AvgIpc) is 3.19. The molecule has 0 saturated carbocycles. The molecule has 0 radical (unpaired) electrons. The van der Waals surface area contributed by atoms with E-state index in [1.54, 1.807) is 27.5 Å². The molecule has 1 aromatic heterocycles. The number of nitrogen functional groups attached to an aromatic ring is 1. The Morgan fingerprint density at radius 3 is 2.82 bits per heavy atom. The van der Waals surface area contributed by atoms with E-state index < -0.39 is 0 Å². The largest absolute Gasteiger partial charge is 0.493 e. The second-order valence-electron chi connectivity index (χ2n) is 6.76. The molecule has 0 spiro atoms. The summed E-state index contributed by atoms with van der Waals surface area (Å²) >= 11 is 0. The van der Waals surface area contributed by atoms with Crippen LogP contribution in [0.5, 0.6) is 11.5 Å². The Morgan fingerprint density at radius 1 is 1.29 bits per heavy atom. The molecule has 152 valence electrons. The standard InChI is InChI=1S/C20H29N5O3/c1-22-20-23-12-16(19(21)24-20)14-5-6-17(27-3)18(11-14)28-10-4-8-25-9-7-15(13-25)26-2/h5-6,11-12,15H,4,7-10,13H2,1-3H3,(H3,21,22,23,24). The zero-order valence-corrected chi connectivity index (χ0v) is 16.8. The van der Waals surface area contributed by atoms with Crippen LogP contribution < -0.4 is 20.5 Å². The highest BCUT2D eigenvalue weighted by Gasteiger charge is 2.21. The number of hydrogen-bond donors (Lipinski definition) is 2. The number of methoxy groups -OCH3 is 2. The molecule has 1 saturated heterocycles. The van der Waals surface area contributed by atoms with Gasteiger partial charge in [-0.3, -0.25) is 0 Å². The number of benzene rings is 1. The predicted octanol–water partition coefficient (Wildman–Crippen LogP) is 2.27. The third-order valence-corrected chi connectivity index (χ3v) is 4.96. The van der Waals surface area contributed by atoms with Crippen LogP contribution in [0.15, 0.2) is 24.4 Å². The van der Waals surface area contributed by atoms with E-state index in [0.717, 1.165) is 43.6 Å². The van der Waals surface area contributed by atoms with E-state index in [0.29, 0.717) is 36.0 Å². The molecule has 1 aliphatic heterocycles. The first-order chi connectivity index (χ1) is 13.6. The van der Waals surface area contributed by atoms with Crippen molar-refractivity contribution in [2.75, 3.05) is 58.6 Å². The van der Waals surface area contributed by atoms with Gasteiger partial charge in [-0.05, 0) is 30.5 Å². The summed E-state index contributed by atoms with van der Waals surface area (Å²) in [4.78, 5) is 10.9. The maximum absolute atomic E-state index is 6.08. The highest BCUT2D eigenvalue weighted by atomic mass is 16.5. The number of ether oxygens (including phenoxy) is 3. The van der Waals surface area contributed by atoms with E-state index in [9.17, 15) is 0 Å². The van der Waals surface area contributed by atoms with E-state index in [-0.39, 0.29) is 0 Å². The second-order valence-corrected chi connectivity index (χ2v) is 6.76. The monoisotopic (exact) mass is 387 g/mol. The van der Waals surface area contributed by atoms with Gasteiger partial charge in [-0.1, -0.05) is 6.07 Å². The van der Waals surface area contributed by atoms with E-state index >= 15 is 0 Å². The van der Waals surface area contributed by atoms with E-state index in [1.807, 2.05) is 18.2 Å². The number of hydrogen-bond acceptors (Lipinski definition) is 8. The van der Waals surface area contributed by atoms with Gasteiger partial charge in [0.05, 0.1) is 19.8 Å². The second kappa shape index (κ2) is 9.57. The topological polar surface area (TPSA) is 94.8 Å². The van der Waals surface area contributed by atoms with Crippen LogP contribution in [0.3, 0.4) is 0 Å². The normalized spacial score (nSPS) is 16.9. The Kier molecular flexibility index (Phi) is 6.89. The Labute approximate surface area is 166 Å². The van der Waals surface area contributed by atoms with Gasteiger partial charge in [0, 0.05) is 45.6 Å². The van der Waals surface area contributed by atoms with Gasteiger partial charge in [-0.2, -0.15) is 4.98 Å². The molecular formula is C20H29N5O3. The molecule has 2 aromatic rings. The summed E-state index contributed by atoms with van der Waals surface area (Å²) in [6.45, 7) is 3.68. The molecule has 28 heavy (non-hydrogen) atoms. The zero-order chi connectivity index (χ0) is 19.9. The van der Waals surface area contributed by atoms with Crippen LogP contribution in [-0.2, 0) is 4.74 Å². The van der Waals surface area contributed by atoms with Crippen molar-refractivity contribution >= 4 is 11.8 Å². The van der Waals surface area contributed by atoms with Crippen molar-refractivity contribution in [3.05, 3.63) is 24.4 Å². The van der Waals surface area contributed by atoms with E-state index in [1.165, 1.54) is 0 Å². The van der Waals surface area contributed by atoms with Crippen molar-refractivity contribution in [3.8, 4) is 22.6 Å². The summed E-state index contributed by atoms with van der Waals surface area (Å²) in [6, 6.07) is 5.72. The molecule has 1 aliphatic rings. The lowest BCUT2D eigenvalue weighted by Gasteiger charge is -2.17. The highest BCUT2D eigenvalue weighted by Crippen LogP contribution is 2.34. The van der Waals surface area contributed by atoms with E-state index in [4.69, 9.17) is 19.9 Å². The number of nitrogens with one attached hydrogen (secondary N) is 1. The molecule has 8 nitrogen and oxygen atoms in total. The summed E-state index contributed by atoms with van der Waals surface area (Å²) in [5.74, 6) is 2.28. The van der Waals surface area contributed by atoms with Crippen molar-refractivity contribution in [1.82, 2.24) is 14.9 Å². The van der Waals surface area contributed by atoms with Crippen LogP contribution >= 0.6 is 0 Å². The van der Waals surface area contributed by atoms with Gasteiger partial charge in [0.25, 0.3) is 0 Å². The van der Waals surface area contributed by atoms with Crippen LogP contribution in [0.1, 0.15) is 12.8 Å². The summed E-state index contributed by atoms with van der Waals surface area (Å²) in [6.07, 6.45) is 4.11. The van der Waals surface area contributed by atoms with Gasteiger partial charge in [0.15, 0.2) is 11.5 Å². The average molecular weight is 387 g/mol. The highest BCUT2D eigenvalue weighted by molar-refractivity contribution is 5.75. The van der Waals surface area contributed by atoms with Crippen molar-refractivity contribution < 1.29 is 14.2 Å². The summed E-state index contributed by atoms with van der Waals surface area (Å²) in [7, 11) is 5.17. The molecule has 3 N–H and O–H groups in total. The molecule has 2 heterocycles. The van der Waals surface area contributed by atoms with Crippen LogP contribution in [0.4, 0.5) is 11.8 Å². The van der Waals surface area contributed by atoms with Crippen LogP contribution in [0.25, 0.3) is 11.1 Å². The van der Waals surface area contributed by atoms with Crippen LogP contribution in [-0.4, -0.2) is 68.5 Å². The van der Waals surface area contributed by atoms with Gasteiger partial charge in [0.1, 0.15) is 5.82 Å². The third kappa shape index (κ3) is 4.82. The maximum atomic E-state index is 6.08. The zero-order valence-electron chi connectivity index (χ0n) is 16.8. The number of likely N-dealkylation sites (tertiary alicyclic amines) is 1. The van der Waals surface area contributed by atoms with Crippen molar-refractivity contribution in [3.63, 3.8) is 0 Å². The molecule has 1 unspecified atom stereocenters. The molecule has 8 heteroatoms. The first-order valence-corrected chi connectivity index (χ1v) is 9.51. The molecule has 3 rings (SSSR count). The van der Waals surface area contributed by atoms with Crippen molar-refractivity contribution in [1.29, 1.82) is 0 Å². The number of nitrogens with zero attached hydrogens (tertiary/aromatic N) is 3. The Bertz CT molecular complexity index is 786. The minimum absolute atomic E-state index is 0.361. The summed E-state index contributed by atoms with van der Waals surface area (Å²) in [5, 5.41) is 2.88. The SMILES string of the molecule is CNc1ncc(-c2ccc(OC)c(OCCCN3CCC(OC)C3)c2)c(N)n1. The predicted molar refractivity (Wildman–Crippen MR) is 110 cm³/mol. The Morgan fingerprint density at radius 2 is 2.14 bits per heavy atom. The number of aromatic nitrogens is 2. The quantitative estimate of drug-likeness (QED) is 0.633. The van der Waals surface area contributed by atoms with Crippen molar-refractivity contribution in [2.24, 2.45) is 0 Å². The van der Waals surface area contributed by atoms with Crippen molar-refractivity contribution in [2.45, 2.75) is 18.9 Å². The minimum atomic E-state index is 0.361. The molecule has 0 aliphatic carbocycles. The molecule has 1 aromatic carbocycles. The minimum Gasteiger partial charge on any atom is -0.493 e. The maximum Gasteiger partial charge on any atom is 0.224 e. The smallest absolute Gasteiger partial charge is 0.224 e. The van der Waals surface area contributed by atoms with Gasteiger partial charge in [0.2, 0.25) is 5.95 Å². The Hall–Kier alpha value is -2.58. The lowest BCUT2D eigenvalue weighted by atomic mass is 10.1. The van der Waals surface area contributed by atoms with Gasteiger partial charge >= 0.3 is 0 Å². The lowest BCUT2D eigenvalue weighted by molar-refractivity contribution is 0.107. The number of nitrogens with two attached hydrogens (primary N) is 1. The molecule has 1 atom stereocenters. The third-order valence-electron chi connectivity index (χ3n) is 4.96. The van der Waals surface area contributed by atoms with Gasteiger partial charge in [-0.25, -0.2) is 4.98 Å².